The topological polar surface area (TPSA) is 72.9 Å². The van der Waals surface area contributed by atoms with Gasteiger partial charge >= 0.3 is 5.97 Å². The van der Waals surface area contributed by atoms with E-state index >= 15 is 4.39 Å². The molecule has 2 aliphatic rings. The van der Waals surface area contributed by atoms with E-state index in [0.717, 1.165) is 6.42 Å². The van der Waals surface area contributed by atoms with E-state index in [1.165, 1.54) is 17.5 Å². The smallest absolute Gasteiger partial charge is 0.316 e. The highest BCUT2D eigenvalue weighted by Gasteiger charge is 2.43. The van der Waals surface area contributed by atoms with Gasteiger partial charge in [-0.25, -0.2) is 12.8 Å². The van der Waals surface area contributed by atoms with Crippen molar-refractivity contribution < 1.29 is 27.1 Å². The molecule has 1 aromatic rings. The minimum atomic E-state index is -3.46. The molecule has 0 radical (unpaired) electrons. The number of benzene rings is 1. The number of esters is 1. The van der Waals surface area contributed by atoms with Crippen molar-refractivity contribution in [3.8, 4) is 0 Å². The Morgan fingerprint density at radius 2 is 2.00 bits per heavy atom. The van der Waals surface area contributed by atoms with E-state index in [2.05, 4.69) is 0 Å². The maximum Gasteiger partial charge on any atom is 0.316 e. The molecule has 2 aliphatic heterocycles. The van der Waals surface area contributed by atoms with Gasteiger partial charge in [-0.15, -0.1) is 0 Å². The molecular weight excluding hydrogens is 397 g/mol. The summed E-state index contributed by atoms with van der Waals surface area (Å²) >= 11 is 0. The third-order valence-corrected chi connectivity index (χ3v) is 9.01. The summed E-state index contributed by atoms with van der Waals surface area (Å²) in [7, 11) is -2.13. The Bertz CT molecular complexity index is 851. The van der Waals surface area contributed by atoms with Crippen LogP contribution in [-0.2, 0) is 36.3 Å². The molecule has 2 fully saturated rings. The zero-order chi connectivity index (χ0) is 21.2. The number of methoxy groups -OCH3 is 1. The summed E-state index contributed by atoms with van der Waals surface area (Å²) in [5, 5.41) is -0.411. The number of hydrogen-bond acceptors (Lipinski definition) is 5. The summed E-state index contributed by atoms with van der Waals surface area (Å²) in [6, 6.07) is 4.51. The van der Waals surface area contributed by atoms with Crippen molar-refractivity contribution in [2.75, 3.05) is 20.3 Å². The minimum Gasteiger partial charge on any atom is -0.468 e. The maximum absolute atomic E-state index is 15.1. The van der Waals surface area contributed by atoms with Gasteiger partial charge < -0.3 is 9.47 Å². The molecule has 2 atom stereocenters. The summed E-state index contributed by atoms with van der Waals surface area (Å²) in [5.41, 5.74) is -0.0626. The van der Waals surface area contributed by atoms with E-state index < -0.39 is 32.5 Å². The summed E-state index contributed by atoms with van der Waals surface area (Å²) in [4.78, 5) is 12.5. The van der Waals surface area contributed by atoms with Crippen LogP contribution in [0.15, 0.2) is 18.2 Å². The normalized spacial score (nSPS) is 26.8. The monoisotopic (exact) mass is 427 g/mol. The minimum absolute atomic E-state index is 0.000445. The van der Waals surface area contributed by atoms with Crippen molar-refractivity contribution in [1.82, 2.24) is 4.31 Å². The molecule has 0 bridgehead atoms. The Morgan fingerprint density at radius 1 is 1.31 bits per heavy atom. The van der Waals surface area contributed by atoms with Crippen LogP contribution in [0.25, 0.3) is 0 Å². The molecule has 3 rings (SSSR count). The summed E-state index contributed by atoms with van der Waals surface area (Å²) in [5.74, 6) is -0.899. The van der Waals surface area contributed by atoms with Crippen LogP contribution in [0.1, 0.15) is 57.1 Å². The third-order valence-electron chi connectivity index (χ3n) is 6.46. The van der Waals surface area contributed by atoms with Crippen molar-refractivity contribution in [2.45, 2.75) is 69.2 Å². The lowest BCUT2D eigenvalue weighted by molar-refractivity contribution is -0.151. The summed E-state index contributed by atoms with van der Waals surface area (Å²) in [6.07, 6.45) is 2.81. The molecule has 0 amide bonds. The predicted molar refractivity (Wildman–Crippen MR) is 107 cm³/mol. The first-order chi connectivity index (χ1) is 13.8. The zero-order valence-corrected chi connectivity index (χ0v) is 18.1. The third kappa shape index (κ3) is 4.07. The lowest BCUT2D eigenvalue weighted by Gasteiger charge is -2.37. The van der Waals surface area contributed by atoms with E-state index in [1.807, 2.05) is 13.8 Å². The van der Waals surface area contributed by atoms with Crippen LogP contribution in [0.3, 0.4) is 0 Å². The van der Waals surface area contributed by atoms with E-state index in [4.69, 9.17) is 9.47 Å². The Morgan fingerprint density at radius 3 is 2.59 bits per heavy atom. The van der Waals surface area contributed by atoms with Gasteiger partial charge in [0.1, 0.15) is 5.82 Å². The van der Waals surface area contributed by atoms with Gasteiger partial charge in [0.15, 0.2) is 0 Å². The van der Waals surface area contributed by atoms with Crippen molar-refractivity contribution in [2.24, 2.45) is 0 Å². The molecule has 1 aromatic carbocycles. The highest BCUT2D eigenvalue weighted by atomic mass is 32.2. The maximum atomic E-state index is 15.1. The van der Waals surface area contributed by atoms with E-state index in [9.17, 15) is 13.2 Å². The van der Waals surface area contributed by atoms with Crippen LogP contribution in [-0.4, -0.2) is 50.3 Å². The average molecular weight is 428 g/mol. The second-order valence-corrected chi connectivity index (χ2v) is 10.2. The molecule has 0 aliphatic carbocycles. The average Bonchev–Trinajstić information content (AvgIpc) is 2.71. The molecule has 29 heavy (non-hydrogen) atoms. The molecule has 0 spiro atoms. The number of sulfonamides is 1. The second kappa shape index (κ2) is 8.70. The second-order valence-electron chi connectivity index (χ2n) is 8.04. The molecule has 6 nitrogen and oxygen atoms in total. The lowest BCUT2D eigenvalue weighted by atomic mass is 9.74. The van der Waals surface area contributed by atoms with Crippen LogP contribution >= 0.6 is 0 Å². The van der Waals surface area contributed by atoms with Crippen molar-refractivity contribution >= 4 is 16.0 Å². The van der Waals surface area contributed by atoms with Crippen molar-refractivity contribution in [3.63, 3.8) is 0 Å². The van der Waals surface area contributed by atoms with Crippen LogP contribution in [0.5, 0.6) is 0 Å². The fourth-order valence-corrected chi connectivity index (χ4v) is 6.65. The molecule has 0 saturated carbocycles. The number of nitrogens with zero attached hydrogens (tertiary/aromatic N) is 1. The number of carbonyl (C=O) groups excluding carboxylic acids is 1. The van der Waals surface area contributed by atoms with Gasteiger partial charge in [-0.1, -0.05) is 19.1 Å². The Hall–Kier alpha value is -1.51. The summed E-state index contributed by atoms with van der Waals surface area (Å²) < 4.78 is 52.6. The number of carbonyl (C=O) groups is 1. The standard InChI is InChI=1S/C21H30FNO5S/c1-4-18-8-5-15(2)23(29(18,25)26)14-16-6-7-17(13-19(16)22)21(20(24)27-3)9-11-28-12-10-21/h6-7,13,15,18H,4-5,8-12,14H2,1-3H3. The van der Waals surface area contributed by atoms with Crippen LogP contribution in [0, 0.1) is 5.82 Å². The van der Waals surface area contributed by atoms with Crippen molar-refractivity contribution in [3.05, 3.63) is 35.1 Å². The Balaban J connectivity index is 1.90. The highest BCUT2D eigenvalue weighted by molar-refractivity contribution is 7.89. The number of rotatable bonds is 5. The van der Waals surface area contributed by atoms with E-state index in [0.29, 0.717) is 50.0 Å². The first-order valence-electron chi connectivity index (χ1n) is 10.2. The van der Waals surface area contributed by atoms with E-state index in [1.54, 1.807) is 12.1 Å². The number of hydrogen-bond donors (Lipinski definition) is 0. The van der Waals surface area contributed by atoms with Crippen LogP contribution in [0.2, 0.25) is 0 Å². The van der Waals surface area contributed by atoms with Gasteiger partial charge in [0.05, 0.1) is 17.8 Å². The van der Waals surface area contributed by atoms with Crippen LogP contribution < -0.4 is 0 Å². The van der Waals surface area contributed by atoms with Gasteiger partial charge in [0, 0.05) is 31.4 Å². The molecule has 2 unspecified atom stereocenters. The highest BCUT2D eigenvalue weighted by Crippen LogP contribution is 2.37. The van der Waals surface area contributed by atoms with E-state index in [-0.39, 0.29) is 12.6 Å². The first kappa shape index (κ1) is 22.2. The molecule has 2 heterocycles. The quantitative estimate of drug-likeness (QED) is 0.675. The number of halogens is 1. The molecule has 0 N–H and O–H groups in total. The SMILES string of the molecule is CCC1CCC(C)N(Cc2ccc(C3(C(=O)OC)CCOCC3)cc2F)S1(=O)=O. The Labute approximate surface area is 172 Å². The van der Waals surface area contributed by atoms with Crippen LogP contribution in [0.4, 0.5) is 4.39 Å². The molecule has 0 aromatic heterocycles. The zero-order valence-electron chi connectivity index (χ0n) is 17.3. The van der Waals surface area contributed by atoms with Crippen molar-refractivity contribution in [1.29, 1.82) is 0 Å². The van der Waals surface area contributed by atoms with Gasteiger partial charge in [-0.05, 0) is 50.7 Å². The fraction of sp³-hybridized carbons (Fsp3) is 0.667. The lowest BCUT2D eigenvalue weighted by Crippen LogP contribution is -2.48. The molecule has 8 heteroatoms. The molecule has 162 valence electrons. The predicted octanol–water partition coefficient (Wildman–Crippen LogP) is 3.14. The number of ether oxygens (including phenoxy) is 2. The largest absolute Gasteiger partial charge is 0.468 e. The first-order valence-corrected chi connectivity index (χ1v) is 11.7. The molecular formula is C21H30FNO5S. The fourth-order valence-electron chi connectivity index (χ4n) is 4.49. The van der Waals surface area contributed by atoms with Gasteiger partial charge in [-0.2, -0.15) is 4.31 Å². The Kier molecular flexibility index (Phi) is 6.65. The van der Waals surface area contributed by atoms with Gasteiger partial charge in [-0.3, -0.25) is 4.79 Å². The summed E-state index contributed by atoms with van der Waals surface area (Å²) in [6.45, 7) is 4.54. The molecule has 2 saturated heterocycles. The van der Waals surface area contributed by atoms with Gasteiger partial charge in [0.2, 0.25) is 10.0 Å². The van der Waals surface area contributed by atoms with Gasteiger partial charge in [0.25, 0.3) is 0 Å².